The van der Waals surface area contributed by atoms with Crippen LogP contribution in [0.5, 0.6) is 5.75 Å². The van der Waals surface area contributed by atoms with Crippen LogP contribution < -0.4 is 10.1 Å². The number of nitrogens with zero attached hydrogens (tertiary/aromatic N) is 2. The lowest BCUT2D eigenvalue weighted by atomic mass is 9.88. The number of methoxy groups -OCH3 is 1. The number of likely N-dealkylation sites (tertiary alicyclic amines) is 1. The average molecular weight is 427 g/mol. The molecule has 32 heavy (non-hydrogen) atoms. The summed E-state index contributed by atoms with van der Waals surface area (Å²) in [5.74, 6) is 0.834. The molecule has 1 amide bonds. The van der Waals surface area contributed by atoms with Crippen LogP contribution in [0.2, 0.25) is 0 Å². The molecule has 1 aliphatic rings. The van der Waals surface area contributed by atoms with Crippen LogP contribution in [0.15, 0.2) is 79.0 Å². The highest BCUT2D eigenvalue weighted by atomic mass is 16.5. The number of aromatic nitrogens is 2. The molecule has 0 radical (unpaired) electrons. The van der Waals surface area contributed by atoms with E-state index >= 15 is 0 Å². The van der Waals surface area contributed by atoms with Crippen LogP contribution in [-0.4, -0.2) is 41.2 Å². The number of hydrogen-bond donors (Lipinski definition) is 2. The molecule has 6 heteroatoms. The molecule has 1 fully saturated rings. The zero-order chi connectivity index (χ0) is 21.9. The highest BCUT2D eigenvalue weighted by Crippen LogP contribution is 2.35. The van der Waals surface area contributed by atoms with Gasteiger partial charge in [0.1, 0.15) is 5.75 Å². The number of carbonyl (C=O) groups is 1. The summed E-state index contributed by atoms with van der Waals surface area (Å²) in [6, 6.07) is 24.3. The Morgan fingerprint density at radius 1 is 1.09 bits per heavy atom. The first-order chi connectivity index (χ1) is 15.7. The number of anilines is 1. The maximum atomic E-state index is 13.4. The molecule has 6 nitrogen and oxygen atoms in total. The summed E-state index contributed by atoms with van der Waals surface area (Å²) < 4.78 is 5.32. The number of nitrogens with one attached hydrogen (secondary N) is 2. The second kappa shape index (κ2) is 8.85. The molecule has 2 atom stereocenters. The third-order valence-electron chi connectivity index (χ3n) is 6.23. The van der Waals surface area contributed by atoms with Gasteiger partial charge in [-0.25, -0.2) is 0 Å². The lowest BCUT2D eigenvalue weighted by Gasteiger charge is -2.19. The number of rotatable bonds is 6. The third-order valence-corrected chi connectivity index (χ3v) is 6.23. The molecule has 4 aromatic rings. The van der Waals surface area contributed by atoms with Gasteiger partial charge in [-0.3, -0.25) is 14.8 Å². The summed E-state index contributed by atoms with van der Waals surface area (Å²) in [6.07, 6.45) is 1.77. The van der Waals surface area contributed by atoms with Crippen molar-refractivity contribution >= 4 is 22.5 Å². The van der Waals surface area contributed by atoms with Crippen LogP contribution in [0.4, 0.5) is 5.69 Å². The molecule has 1 aliphatic heterocycles. The van der Waals surface area contributed by atoms with Gasteiger partial charge in [0.25, 0.3) is 0 Å². The van der Waals surface area contributed by atoms with Crippen molar-refractivity contribution in [1.82, 2.24) is 15.1 Å². The molecule has 0 bridgehead atoms. The lowest BCUT2D eigenvalue weighted by molar-refractivity contribution is -0.119. The van der Waals surface area contributed by atoms with E-state index < -0.39 is 0 Å². The van der Waals surface area contributed by atoms with Crippen LogP contribution >= 0.6 is 0 Å². The Labute approximate surface area is 187 Å². The van der Waals surface area contributed by atoms with Gasteiger partial charge in [0.15, 0.2) is 0 Å². The molecule has 1 aromatic heterocycles. The summed E-state index contributed by atoms with van der Waals surface area (Å²) in [6.45, 7) is 2.38. The average Bonchev–Trinajstić information content (AvgIpc) is 3.46. The molecular formula is C26H26N4O2. The normalized spacial score (nSPS) is 18.7. The molecule has 1 saturated heterocycles. The largest absolute Gasteiger partial charge is 0.497 e. The minimum atomic E-state index is -0.146. The zero-order valence-corrected chi connectivity index (χ0v) is 18.0. The highest BCUT2D eigenvalue weighted by molar-refractivity contribution is 5.95. The molecule has 0 aliphatic carbocycles. The third kappa shape index (κ3) is 4.22. The first kappa shape index (κ1) is 20.3. The standard InChI is InChI=1S/C26H26N4O2/c1-32-22-10-7-19(8-11-22)23-16-30(15-18-5-3-2-4-6-18)17-24(23)26(31)28-21-9-12-25-20(13-21)14-27-29-25/h2-14,23-24H,15-17H2,1H3,(H,27,29)(H,28,31). The Kier molecular flexibility index (Phi) is 5.60. The molecule has 3 aromatic carbocycles. The summed E-state index contributed by atoms with van der Waals surface area (Å²) in [7, 11) is 1.67. The number of benzene rings is 3. The van der Waals surface area contributed by atoms with E-state index in [0.717, 1.165) is 41.0 Å². The van der Waals surface area contributed by atoms with Gasteiger partial charge in [0.2, 0.25) is 5.91 Å². The van der Waals surface area contributed by atoms with Gasteiger partial charge < -0.3 is 10.1 Å². The van der Waals surface area contributed by atoms with Crippen molar-refractivity contribution in [3.8, 4) is 5.75 Å². The van der Waals surface area contributed by atoms with E-state index in [9.17, 15) is 4.79 Å². The van der Waals surface area contributed by atoms with Crippen LogP contribution in [0.3, 0.4) is 0 Å². The van der Waals surface area contributed by atoms with Gasteiger partial charge in [0, 0.05) is 36.6 Å². The van der Waals surface area contributed by atoms with Crippen molar-refractivity contribution in [3.05, 3.63) is 90.1 Å². The van der Waals surface area contributed by atoms with Crippen LogP contribution in [0, 0.1) is 5.92 Å². The van der Waals surface area contributed by atoms with Gasteiger partial charge in [-0.15, -0.1) is 0 Å². The van der Waals surface area contributed by atoms with E-state index in [1.54, 1.807) is 13.3 Å². The number of H-pyrrole nitrogens is 1. The summed E-state index contributed by atoms with van der Waals surface area (Å²) in [4.78, 5) is 15.8. The Hall–Kier alpha value is -3.64. The van der Waals surface area contributed by atoms with Crippen molar-refractivity contribution in [3.63, 3.8) is 0 Å². The van der Waals surface area contributed by atoms with E-state index in [4.69, 9.17) is 4.74 Å². The predicted molar refractivity (Wildman–Crippen MR) is 126 cm³/mol. The molecule has 2 heterocycles. The van der Waals surface area contributed by atoms with E-state index in [0.29, 0.717) is 6.54 Å². The fraction of sp³-hybridized carbons (Fsp3) is 0.231. The number of ether oxygens (including phenoxy) is 1. The van der Waals surface area contributed by atoms with Crippen molar-refractivity contribution in [2.45, 2.75) is 12.5 Å². The van der Waals surface area contributed by atoms with E-state index in [1.807, 2.05) is 36.4 Å². The summed E-state index contributed by atoms with van der Waals surface area (Å²) in [5, 5.41) is 11.1. The topological polar surface area (TPSA) is 70.2 Å². The number of carbonyl (C=O) groups excluding carboxylic acids is 1. The van der Waals surface area contributed by atoms with E-state index in [-0.39, 0.29) is 17.7 Å². The molecule has 5 rings (SSSR count). The Bertz CT molecular complexity index is 1200. The van der Waals surface area contributed by atoms with Gasteiger partial charge in [0.05, 0.1) is 24.7 Å². The molecular weight excluding hydrogens is 400 g/mol. The monoisotopic (exact) mass is 426 g/mol. The maximum Gasteiger partial charge on any atom is 0.229 e. The maximum absolute atomic E-state index is 13.4. The van der Waals surface area contributed by atoms with Gasteiger partial charge in [-0.2, -0.15) is 5.10 Å². The first-order valence-electron chi connectivity index (χ1n) is 10.8. The summed E-state index contributed by atoms with van der Waals surface area (Å²) >= 11 is 0. The lowest BCUT2D eigenvalue weighted by Crippen LogP contribution is -2.28. The fourth-order valence-electron chi connectivity index (χ4n) is 4.57. The Morgan fingerprint density at radius 3 is 2.69 bits per heavy atom. The minimum absolute atomic E-state index is 0.0456. The van der Waals surface area contributed by atoms with E-state index in [1.165, 1.54) is 5.56 Å². The SMILES string of the molecule is COc1ccc(C2CN(Cc3ccccc3)CC2C(=O)Nc2ccc3[nH]ncc3c2)cc1. The Morgan fingerprint density at radius 2 is 1.91 bits per heavy atom. The van der Waals surface area contributed by atoms with Crippen LogP contribution in [0.25, 0.3) is 10.9 Å². The fourth-order valence-corrected chi connectivity index (χ4v) is 4.57. The van der Waals surface area contributed by atoms with Crippen LogP contribution in [-0.2, 0) is 11.3 Å². The van der Waals surface area contributed by atoms with Gasteiger partial charge in [-0.1, -0.05) is 42.5 Å². The molecule has 0 saturated carbocycles. The summed E-state index contributed by atoms with van der Waals surface area (Å²) in [5.41, 5.74) is 4.16. The zero-order valence-electron chi connectivity index (χ0n) is 18.0. The number of amides is 1. The smallest absolute Gasteiger partial charge is 0.229 e. The predicted octanol–water partition coefficient (Wildman–Crippen LogP) is 4.43. The Balaban J connectivity index is 1.38. The molecule has 2 unspecified atom stereocenters. The number of aromatic amines is 1. The number of hydrogen-bond acceptors (Lipinski definition) is 4. The van der Waals surface area contributed by atoms with E-state index in [2.05, 4.69) is 56.8 Å². The second-order valence-electron chi connectivity index (χ2n) is 8.33. The first-order valence-corrected chi connectivity index (χ1v) is 10.8. The molecule has 162 valence electrons. The van der Waals surface area contributed by atoms with Crippen molar-refractivity contribution < 1.29 is 9.53 Å². The van der Waals surface area contributed by atoms with Crippen molar-refractivity contribution in [2.24, 2.45) is 5.92 Å². The number of fused-ring (bicyclic) bond motifs is 1. The molecule has 0 spiro atoms. The molecule has 2 N–H and O–H groups in total. The van der Waals surface area contributed by atoms with Crippen molar-refractivity contribution in [1.29, 1.82) is 0 Å². The van der Waals surface area contributed by atoms with Crippen molar-refractivity contribution in [2.75, 3.05) is 25.5 Å². The van der Waals surface area contributed by atoms with Crippen LogP contribution in [0.1, 0.15) is 17.0 Å². The highest BCUT2D eigenvalue weighted by Gasteiger charge is 2.38. The van der Waals surface area contributed by atoms with Gasteiger partial charge >= 0.3 is 0 Å². The quantitative estimate of drug-likeness (QED) is 0.479. The second-order valence-corrected chi connectivity index (χ2v) is 8.33. The van der Waals surface area contributed by atoms with Gasteiger partial charge in [-0.05, 0) is 41.5 Å². The minimum Gasteiger partial charge on any atom is -0.497 e.